The Morgan fingerprint density at radius 1 is 1.29 bits per heavy atom. The normalized spacial score (nSPS) is 11.8. The van der Waals surface area contributed by atoms with Crippen molar-refractivity contribution in [2.45, 2.75) is 6.18 Å². The van der Waals surface area contributed by atoms with E-state index in [2.05, 4.69) is 25.1 Å². The van der Waals surface area contributed by atoms with Crippen molar-refractivity contribution in [3.63, 3.8) is 0 Å². The third-order valence-electron chi connectivity index (χ3n) is 2.35. The number of rotatable bonds is 2. The number of halogens is 3. The van der Waals surface area contributed by atoms with Crippen LogP contribution in [0.25, 0.3) is 23.1 Å². The van der Waals surface area contributed by atoms with Gasteiger partial charge in [-0.3, -0.25) is 4.79 Å². The molecule has 0 atom stereocenters. The molecular weight excluding hydrogens is 311 g/mol. The van der Waals surface area contributed by atoms with Gasteiger partial charge in [0.25, 0.3) is 11.4 Å². The van der Waals surface area contributed by atoms with Gasteiger partial charge >= 0.3 is 6.18 Å². The molecule has 0 spiro atoms. The lowest BCUT2D eigenvalue weighted by Crippen LogP contribution is -2.05. The number of aromatic amines is 1. The van der Waals surface area contributed by atoms with Gasteiger partial charge in [-0.2, -0.15) is 18.2 Å². The quantitative estimate of drug-likeness (QED) is 0.776. The number of H-pyrrole nitrogens is 1. The number of thiazole rings is 1. The van der Waals surface area contributed by atoms with Gasteiger partial charge in [0, 0.05) is 6.20 Å². The van der Waals surface area contributed by atoms with Crippen LogP contribution in [0.3, 0.4) is 0 Å². The van der Waals surface area contributed by atoms with Gasteiger partial charge in [0.1, 0.15) is 10.6 Å². The van der Waals surface area contributed by atoms with Crippen molar-refractivity contribution < 1.29 is 17.7 Å². The van der Waals surface area contributed by atoms with E-state index in [4.69, 9.17) is 4.52 Å². The largest absolute Gasteiger partial charge is 0.427 e. The van der Waals surface area contributed by atoms with Crippen LogP contribution in [0.15, 0.2) is 27.2 Å². The van der Waals surface area contributed by atoms with Crippen LogP contribution in [-0.2, 0) is 6.18 Å². The fourth-order valence-corrected chi connectivity index (χ4v) is 2.14. The molecule has 21 heavy (non-hydrogen) atoms. The molecule has 0 aliphatic carbocycles. The van der Waals surface area contributed by atoms with E-state index in [9.17, 15) is 18.0 Å². The SMILES string of the molecule is O=c1cnc(-c2noc(-c3ncsc3C(F)(F)F)n2)c[nH]1. The molecule has 7 nitrogen and oxygen atoms in total. The first-order chi connectivity index (χ1) is 9.95. The fraction of sp³-hybridized carbons (Fsp3) is 0.100. The zero-order chi connectivity index (χ0) is 15.0. The van der Waals surface area contributed by atoms with E-state index in [0.29, 0.717) is 11.3 Å². The summed E-state index contributed by atoms with van der Waals surface area (Å²) in [5.74, 6) is -0.422. The molecular formula is C10H4F3N5O2S. The van der Waals surface area contributed by atoms with Crippen LogP contribution in [0.4, 0.5) is 13.2 Å². The Bertz CT molecular complexity index is 817. The average Bonchev–Trinajstić information content (AvgIpc) is 3.07. The summed E-state index contributed by atoms with van der Waals surface area (Å²) in [6, 6.07) is 0. The zero-order valence-electron chi connectivity index (χ0n) is 9.88. The van der Waals surface area contributed by atoms with Crippen LogP contribution in [0.5, 0.6) is 0 Å². The smallest absolute Gasteiger partial charge is 0.332 e. The number of hydrogen-bond acceptors (Lipinski definition) is 7. The lowest BCUT2D eigenvalue weighted by molar-refractivity contribution is -0.134. The maximum absolute atomic E-state index is 12.8. The minimum Gasteiger partial charge on any atom is -0.332 e. The molecule has 3 rings (SSSR count). The Balaban J connectivity index is 2.01. The van der Waals surface area contributed by atoms with Gasteiger partial charge in [-0.05, 0) is 0 Å². The molecule has 0 saturated heterocycles. The number of alkyl halides is 3. The zero-order valence-corrected chi connectivity index (χ0v) is 10.7. The molecule has 0 saturated carbocycles. The van der Waals surface area contributed by atoms with Crippen LogP contribution in [-0.4, -0.2) is 25.1 Å². The Kier molecular flexibility index (Phi) is 3.05. The van der Waals surface area contributed by atoms with Gasteiger partial charge in [-0.1, -0.05) is 5.16 Å². The van der Waals surface area contributed by atoms with Crippen LogP contribution in [0.2, 0.25) is 0 Å². The second kappa shape index (κ2) is 4.77. The van der Waals surface area contributed by atoms with E-state index in [1.807, 2.05) is 0 Å². The van der Waals surface area contributed by atoms with Crippen LogP contribution < -0.4 is 5.56 Å². The highest BCUT2D eigenvalue weighted by Crippen LogP contribution is 2.38. The van der Waals surface area contributed by atoms with Crippen molar-refractivity contribution in [1.29, 1.82) is 0 Å². The molecule has 108 valence electrons. The first-order valence-electron chi connectivity index (χ1n) is 5.35. The molecule has 0 aromatic carbocycles. The summed E-state index contributed by atoms with van der Waals surface area (Å²) in [6.45, 7) is 0. The number of hydrogen-bond donors (Lipinski definition) is 1. The van der Waals surface area contributed by atoms with Crippen molar-refractivity contribution in [3.8, 4) is 23.1 Å². The summed E-state index contributed by atoms with van der Waals surface area (Å²) in [5, 5.41) is 3.52. The lowest BCUT2D eigenvalue weighted by Gasteiger charge is -2.02. The average molecular weight is 315 g/mol. The molecule has 0 aliphatic rings. The summed E-state index contributed by atoms with van der Waals surface area (Å²) in [6.07, 6.45) is -2.33. The highest BCUT2D eigenvalue weighted by Gasteiger charge is 2.38. The minimum atomic E-state index is -4.55. The summed E-state index contributed by atoms with van der Waals surface area (Å²) >= 11 is 0.431. The number of nitrogens with zero attached hydrogens (tertiary/aromatic N) is 4. The summed E-state index contributed by atoms with van der Waals surface area (Å²) in [5.41, 5.74) is 0.339. The molecule has 3 heterocycles. The second-order valence-corrected chi connectivity index (χ2v) is 4.60. The Morgan fingerprint density at radius 3 is 2.76 bits per heavy atom. The number of aromatic nitrogens is 5. The predicted molar refractivity (Wildman–Crippen MR) is 64.3 cm³/mol. The van der Waals surface area contributed by atoms with Gasteiger partial charge in [-0.15, -0.1) is 11.3 Å². The van der Waals surface area contributed by atoms with E-state index in [0.717, 1.165) is 11.7 Å². The van der Waals surface area contributed by atoms with E-state index < -0.39 is 22.3 Å². The van der Waals surface area contributed by atoms with Gasteiger partial charge < -0.3 is 9.51 Å². The van der Waals surface area contributed by atoms with E-state index in [-0.39, 0.29) is 17.4 Å². The van der Waals surface area contributed by atoms with Gasteiger partial charge in [-0.25, -0.2) is 9.97 Å². The van der Waals surface area contributed by atoms with Crippen LogP contribution in [0, 0.1) is 0 Å². The van der Waals surface area contributed by atoms with Gasteiger partial charge in [0.2, 0.25) is 5.82 Å². The number of nitrogens with one attached hydrogen (secondary N) is 1. The van der Waals surface area contributed by atoms with Crippen molar-refractivity contribution >= 4 is 11.3 Å². The second-order valence-electron chi connectivity index (χ2n) is 3.75. The first kappa shape index (κ1) is 13.4. The molecule has 1 N–H and O–H groups in total. The third-order valence-corrected chi connectivity index (χ3v) is 3.23. The highest BCUT2D eigenvalue weighted by molar-refractivity contribution is 7.10. The fourth-order valence-electron chi connectivity index (χ4n) is 1.49. The molecule has 3 aromatic rings. The highest BCUT2D eigenvalue weighted by atomic mass is 32.1. The predicted octanol–water partition coefficient (Wildman–Crippen LogP) is 1.96. The molecule has 11 heteroatoms. The van der Waals surface area contributed by atoms with Crippen molar-refractivity contribution in [1.82, 2.24) is 25.1 Å². The van der Waals surface area contributed by atoms with Crippen LogP contribution >= 0.6 is 11.3 Å². The Labute approximate surface area is 117 Å². The summed E-state index contributed by atoms with van der Waals surface area (Å²) in [7, 11) is 0. The van der Waals surface area contributed by atoms with Gasteiger partial charge in [0.15, 0.2) is 5.69 Å². The maximum atomic E-state index is 12.8. The monoisotopic (exact) mass is 315 g/mol. The standard InChI is InChI=1S/C10H4F3N5O2S/c11-10(12,13)7-6(16-3-21-7)9-17-8(18-20-9)4-1-15-5(19)2-14-4/h1-3H,(H,15,19). The molecule has 3 aromatic heterocycles. The topological polar surface area (TPSA) is 97.6 Å². The summed E-state index contributed by atoms with van der Waals surface area (Å²) in [4.78, 5) is 23.5. The van der Waals surface area contributed by atoms with Gasteiger partial charge in [0.05, 0.1) is 11.7 Å². The molecule has 0 unspecified atom stereocenters. The van der Waals surface area contributed by atoms with Crippen molar-refractivity contribution in [2.24, 2.45) is 0 Å². The van der Waals surface area contributed by atoms with Crippen molar-refractivity contribution in [2.75, 3.05) is 0 Å². The Hall–Kier alpha value is -2.56. The molecule has 0 radical (unpaired) electrons. The molecule has 0 aliphatic heterocycles. The lowest BCUT2D eigenvalue weighted by atomic mass is 10.3. The van der Waals surface area contributed by atoms with Crippen LogP contribution in [0.1, 0.15) is 4.88 Å². The summed E-state index contributed by atoms with van der Waals surface area (Å²) < 4.78 is 43.1. The third kappa shape index (κ3) is 2.54. The van der Waals surface area contributed by atoms with E-state index in [1.54, 1.807) is 0 Å². The minimum absolute atomic E-state index is 0.0534. The van der Waals surface area contributed by atoms with E-state index >= 15 is 0 Å². The van der Waals surface area contributed by atoms with Crippen molar-refractivity contribution in [3.05, 3.63) is 33.1 Å². The molecule has 0 amide bonds. The maximum Gasteiger partial charge on any atom is 0.427 e. The molecule has 0 fully saturated rings. The van der Waals surface area contributed by atoms with E-state index in [1.165, 1.54) is 6.20 Å². The molecule has 0 bridgehead atoms. The first-order valence-corrected chi connectivity index (χ1v) is 6.23. The Morgan fingerprint density at radius 2 is 2.10 bits per heavy atom.